The van der Waals surface area contributed by atoms with Gasteiger partial charge in [-0.2, -0.15) is 0 Å². The largest absolute Gasteiger partial charge is 0.456 e. The molecule has 10 aromatic rings. The van der Waals surface area contributed by atoms with Gasteiger partial charge in [-0.3, -0.25) is 0 Å². The first-order valence-corrected chi connectivity index (χ1v) is 17.4. The molecule has 0 spiro atoms. The van der Waals surface area contributed by atoms with Gasteiger partial charge in [-0.25, -0.2) is 0 Å². The molecule has 0 fully saturated rings. The van der Waals surface area contributed by atoms with Crippen LogP contribution in [0.2, 0.25) is 0 Å². The second-order valence-corrected chi connectivity index (χ2v) is 13.6. The van der Waals surface area contributed by atoms with Crippen LogP contribution in [0.1, 0.15) is 0 Å². The van der Waals surface area contributed by atoms with Gasteiger partial charge in [0.1, 0.15) is 11.2 Å². The van der Waals surface area contributed by atoms with Crippen LogP contribution >= 0.6 is 11.3 Å². The summed E-state index contributed by atoms with van der Waals surface area (Å²) in [4.78, 5) is 2.39. The Morgan fingerprint density at radius 3 is 1.76 bits per heavy atom. The highest BCUT2D eigenvalue weighted by atomic mass is 32.1. The highest BCUT2D eigenvalue weighted by Gasteiger charge is 2.19. The normalized spacial score (nSPS) is 11.7. The molecular weight excluding hydrogens is 615 g/mol. The summed E-state index contributed by atoms with van der Waals surface area (Å²) in [5.74, 6) is 0. The van der Waals surface area contributed by atoms with E-state index < -0.39 is 0 Å². The lowest BCUT2D eigenvalue weighted by Gasteiger charge is -2.26. The Kier molecular flexibility index (Phi) is 6.39. The van der Waals surface area contributed by atoms with Crippen molar-refractivity contribution in [1.82, 2.24) is 0 Å². The Balaban J connectivity index is 1.23. The Morgan fingerprint density at radius 1 is 0.367 bits per heavy atom. The maximum atomic E-state index is 6.52. The van der Waals surface area contributed by atoms with Crippen molar-refractivity contribution in [2.75, 3.05) is 4.90 Å². The van der Waals surface area contributed by atoms with E-state index in [9.17, 15) is 0 Å². The number of hydrogen-bond acceptors (Lipinski definition) is 3. The summed E-state index contributed by atoms with van der Waals surface area (Å²) in [6, 6.07) is 63.2. The van der Waals surface area contributed by atoms with Crippen molar-refractivity contribution < 1.29 is 4.42 Å². The number of rotatable bonds is 5. The fraction of sp³-hybridized carbons (Fsp3) is 0. The van der Waals surface area contributed by atoms with Crippen molar-refractivity contribution in [2.45, 2.75) is 0 Å². The van der Waals surface area contributed by atoms with E-state index in [2.05, 4.69) is 175 Å². The van der Waals surface area contributed by atoms with Gasteiger partial charge in [0.2, 0.25) is 0 Å². The third-order valence-corrected chi connectivity index (χ3v) is 10.8. The standard InChI is InChI=1S/C46H29NOS/c1-3-11-30(12-4-1)31-19-21-33(22-20-31)47(35-24-26-45-40(27-35)37-15-8-10-18-44(37)49-45)34-23-25-36-39(32-13-5-2-6-14-32)29-43-46(41(36)28-34)38-16-7-9-17-42(38)48-43/h1-29H. The fourth-order valence-corrected chi connectivity index (χ4v) is 8.44. The average molecular weight is 644 g/mol. The van der Waals surface area contributed by atoms with Crippen molar-refractivity contribution in [3.05, 3.63) is 176 Å². The molecule has 0 N–H and O–H groups in total. The maximum absolute atomic E-state index is 6.52. The van der Waals surface area contributed by atoms with Gasteiger partial charge >= 0.3 is 0 Å². The first kappa shape index (κ1) is 27.9. The molecule has 0 aliphatic heterocycles. The molecule has 0 unspecified atom stereocenters. The van der Waals surface area contributed by atoms with Crippen molar-refractivity contribution >= 4 is 81.3 Å². The lowest BCUT2D eigenvalue weighted by molar-refractivity contribution is 0.669. The van der Waals surface area contributed by atoms with Crippen molar-refractivity contribution in [3.63, 3.8) is 0 Å². The molecular formula is C46H29NOS. The number of fused-ring (bicyclic) bond motifs is 8. The van der Waals surface area contributed by atoms with Crippen molar-refractivity contribution in [1.29, 1.82) is 0 Å². The Hall–Kier alpha value is -6.16. The number of nitrogens with zero attached hydrogens (tertiary/aromatic N) is 1. The zero-order chi connectivity index (χ0) is 32.3. The van der Waals surface area contributed by atoms with Gasteiger partial charge in [0.05, 0.1) is 0 Å². The summed E-state index contributed by atoms with van der Waals surface area (Å²) >= 11 is 1.85. The van der Waals surface area contributed by atoms with Gasteiger partial charge in [0.25, 0.3) is 0 Å². The van der Waals surface area contributed by atoms with E-state index in [1.807, 2.05) is 17.4 Å². The molecule has 2 nitrogen and oxygen atoms in total. The minimum atomic E-state index is 0.898. The van der Waals surface area contributed by atoms with Crippen LogP contribution in [0.4, 0.5) is 17.1 Å². The summed E-state index contributed by atoms with van der Waals surface area (Å²) in [6.45, 7) is 0. The zero-order valence-corrected chi connectivity index (χ0v) is 27.3. The van der Waals surface area contributed by atoms with Crippen LogP contribution in [-0.2, 0) is 0 Å². The third-order valence-electron chi connectivity index (χ3n) is 9.65. The maximum Gasteiger partial charge on any atom is 0.136 e. The van der Waals surface area contributed by atoms with Gasteiger partial charge in [0.15, 0.2) is 0 Å². The van der Waals surface area contributed by atoms with E-state index in [4.69, 9.17) is 4.42 Å². The number of furan rings is 1. The fourth-order valence-electron chi connectivity index (χ4n) is 7.36. The molecule has 0 saturated carbocycles. The predicted molar refractivity (Wildman–Crippen MR) is 210 cm³/mol. The summed E-state index contributed by atoms with van der Waals surface area (Å²) in [5.41, 5.74) is 9.86. The van der Waals surface area contributed by atoms with Crippen LogP contribution in [0.15, 0.2) is 180 Å². The molecule has 0 aliphatic rings. The number of hydrogen-bond donors (Lipinski definition) is 0. The molecule has 0 amide bonds. The van der Waals surface area contributed by atoms with Gasteiger partial charge in [-0.1, -0.05) is 115 Å². The highest BCUT2D eigenvalue weighted by molar-refractivity contribution is 7.25. The minimum Gasteiger partial charge on any atom is -0.456 e. The molecule has 2 aromatic heterocycles. The minimum absolute atomic E-state index is 0.898. The number of thiophene rings is 1. The molecule has 8 aromatic carbocycles. The second kappa shape index (κ2) is 11.2. The summed E-state index contributed by atoms with van der Waals surface area (Å²) < 4.78 is 9.12. The Labute approximate surface area is 287 Å². The molecule has 0 bridgehead atoms. The van der Waals surface area contributed by atoms with Crippen LogP contribution in [0, 0.1) is 0 Å². The molecule has 0 radical (unpaired) electrons. The molecule has 2 heterocycles. The number of anilines is 3. The van der Waals surface area contributed by atoms with E-state index in [-0.39, 0.29) is 0 Å². The lowest BCUT2D eigenvalue weighted by Crippen LogP contribution is -2.10. The van der Waals surface area contributed by atoms with Gasteiger partial charge in [-0.05, 0) is 93.7 Å². The van der Waals surface area contributed by atoms with Gasteiger partial charge < -0.3 is 9.32 Å². The van der Waals surface area contributed by atoms with E-state index >= 15 is 0 Å². The molecule has 0 atom stereocenters. The van der Waals surface area contributed by atoms with Crippen LogP contribution in [0.5, 0.6) is 0 Å². The Bertz CT molecular complexity index is 2810. The van der Waals surface area contributed by atoms with Gasteiger partial charge in [0, 0.05) is 48.0 Å². The monoisotopic (exact) mass is 643 g/mol. The van der Waals surface area contributed by atoms with Crippen LogP contribution in [-0.4, -0.2) is 0 Å². The predicted octanol–water partition coefficient (Wildman–Crippen LogP) is 13.9. The number of benzene rings is 8. The molecule has 0 saturated heterocycles. The second-order valence-electron chi connectivity index (χ2n) is 12.5. The lowest BCUT2D eigenvalue weighted by atomic mass is 9.94. The molecule has 230 valence electrons. The average Bonchev–Trinajstić information content (AvgIpc) is 3.74. The van der Waals surface area contributed by atoms with Crippen molar-refractivity contribution in [3.8, 4) is 22.3 Å². The van der Waals surface area contributed by atoms with Crippen LogP contribution in [0.3, 0.4) is 0 Å². The van der Waals surface area contributed by atoms with Crippen LogP contribution in [0.25, 0.3) is 75.1 Å². The molecule has 10 rings (SSSR count). The quantitative estimate of drug-likeness (QED) is 0.186. The van der Waals surface area contributed by atoms with Gasteiger partial charge in [-0.15, -0.1) is 11.3 Å². The third kappa shape index (κ3) is 4.62. The van der Waals surface area contributed by atoms with E-state index in [1.165, 1.54) is 53.2 Å². The summed E-state index contributed by atoms with van der Waals surface area (Å²) in [5, 5.41) is 7.22. The number of para-hydroxylation sites is 1. The molecule has 49 heavy (non-hydrogen) atoms. The molecule has 3 heteroatoms. The van der Waals surface area contributed by atoms with E-state index in [0.717, 1.165) is 39.0 Å². The smallest absolute Gasteiger partial charge is 0.136 e. The highest BCUT2D eigenvalue weighted by Crippen LogP contribution is 2.45. The summed E-state index contributed by atoms with van der Waals surface area (Å²) in [7, 11) is 0. The van der Waals surface area contributed by atoms with Crippen LogP contribution < -0.4 is 4.90 Å². The zero-order valence-electron chi connectivity index (χ0n) is 26.5. The first-order chi connectivity index (χ1) is 24.3. The SMILES string of the molecule is c1ccc(-c2ccc(N(c3ccc4sc5ccccc5c4c3)c3ccc4c(-c5ccccc5)cc5oc6ccccc6c5c4c3)cc2)cc1. The Morgan fingerprint density at radius 2 is 0.959 bits per heavy atom. The topological polar surface area (TPSA) is 16.4 Å². The summed E-state index contributed by atoms with van der Waals surface area (Å²) in [6.07, 6.45) is 0. The first-order valence-electron chi connectivity index (χ1n) is 16.6. The van der Waals surface area contributed by atoms with E-state index in [1.54, 1.807) is 0 Å². The van der Waals surface area contributed by atoms with E-state index in [0.29, 0.717) is 0 Å². The van der Waals surface area contributed by atoms with Crippen molar-refractivity contribution in [2.24, 2.45) is 0 Å². The molecule has 0 aliphatic carbocycles.